The van der Waals surface area contributed by atoms with Crippen molar-refractivity contribution in [3.8, 4) is 17.0 Å². The van der Waals surface area contributed by atoms with Crippen molar-refractivity contribution in [2.75, 3.05) is 58.4 Å². The summed E-state index contributed by atoms with van der Waals surface area (Å²) < 4.78 is 50.0. The molecule has 1 N–H and O–H groups in total. The maximum atomic E-state index is 13.3. The number of hydrogen-bond acceptors (Lipinski definition) is 7. The molecule has 2 atom stereocenters. The van der Waals surface area contributed by atoms with Crippen molar-refractivity contribution in [2.45, 2.75) is 38.0 Å². The lowest BCUT2D eigenvalue weighted by Crippen LogP contribution is -2.56. The zero-order valence-electron chi connectivity index (χ0n) is 24.1. The van der Waals surface area contributed by atoms with Crippen LogP contribution in [0.2, 0.25) is 0 Å². The highest BCUT2D eigenvalue weighted by Gasteiger charge is 2.36. The van der Waals surface area contributed by atoms with Gasteiger partial charge in [-0.3, -0.25) is 19.7 Å². The molecule has 1 aromatic heterocycles. The number of carbonyl (C=O) groups excluding carboxylic acids is 1. The van der Waals surface area contributed by atoms with Crippen LogP contribution in [0, 0.1) is 5.92 Å². The number of benzene rings is 2. The van der Waals surface area contributed by atoms with E-state index in [0.29, 0.717) is 31.2 Å². The van der Waals surface area contributed by atoms with Crippen LogP contribution in [0.15, 0.2) is 54.7 Å². The van der Waals surface area contributed by atoms with E-state index in [1.165, 1.54) is 19.2 Å². The van der Waals surface area contributed by atoms with Gasteiger partial charge in [-0.1, -0.05) is 6.07 Å². The van der Waals surface area contributed by atoms with Gasteiger partial charge in [-0.2, -0.15) is 18.3 Å². The van der Waals surface area contributed by atoms with Gasteiger partial charge in [0, 0.05) is 68.5 Å². The molecule has 11 heteroatoms. The van der Waals surface area contributed by atoms with E-state index in [9.17, 15) is 18.0 Å². The summed E-state index contributed by atoms with van der Waals surface area (Å²) in [4.78, 5) is 19.0. The fraction of sp³-hybridized carbons (Fsp3) is 0.484. The number of methoxy groups -OCH3 is 2. The van der Waals surface area contributed by atoms with Gasteiger partial charge in [0.2, 0.25) is 0 Å². The lowest BCUT2D eigenvalue weighted by Gasteiger charge is -2.47. The van der Waals surface area contributed by atoms with E-state index in [0.717, 1.165) is 74.2 Å². The van der Waals surface area contributed by atoms with E-state index in [-0.39, 0.29) is 11.9 Å². The van der Waals surface area contributed by atoms with Crippen LogP contribution in [0.5, 0.6) is 5.75 Å². The first-order valence-corrected chi connectivity index (χ1v) is 14.4. The van der Waals surface area contributed by atoms with Crippen molar-refractivity contribution in [3.05, 3.63) is 65.9 Å². The summed E-state index contributed by atoms with van der Waals surface area (Å²) in [7, 11) is 3.06. The van der Waals surface area contributed by atoms with Crippen molar-refractivity contribution < 1.29 is 27.4 Å². The fourth-order valence-electron chi connectivity index (χ4n) is 6.28. The fourth-order valence-corrected chi connectivity index (χ4v) is 6.28. The number of aromatic nitrogens is 2. The Hall–Kier alpha value is -3.57. The number of nitrogens with one attached hydrogen (secondary N) is 1. The van der Waals surface area contributed by atoms with Crippen molar-refractivity contribution >= 4 is 11.7 Å². The third-order valence-corrected chi connectivity index (χ3v) is 8.54. The smallest absolute Gasteiger partial charge is 0.416 e. The summed E-state index contributed by atoms with van der Waals surface area (Å²) in [6, 6.07) is 13.8. The van der Waals surface area contributed by atoms with Crippen LogP contribution in [0.4, 0.5) is 18.9 Å². The van der Waals surface area contributed by atoms with Crippen LogP contribution < -0.4 is 9.64 Å². The molecule has 0 aliphatic carbocycles. The molecule has 5 rings (SSSR count). The molecular formula is C31H38F3N5O3. The number of aromatic amines is 1. The van der Waals surface area contributed by atoms with Crippen LogP contribution in [0.25, 0.3) is 11.3 Å². The second kappa shape index (κ2) is 13.2. The first-order valence-electron chi connectivity index (χ1n) is 14.4. The summed E-state index contributed by atoms with van der Waals surface area (Å²) in [5, 5.41) is 7.46. The zero-order chi connectivity index (χ0) is 29.7. The number of anilines is 1. The molecule has 2 aliphatic heterocycles. The van der Waals surface area contributed by atoms with E-state index < -0.39 is 11.7 Å². The highest BCUT2D eigenvalue weighted by atomic mass is 19.4. The van der Waals surface area contributed by atoms with Gasteiger partial charge in [-0.15, -0.1) is 0 Å². The second-order valence-electron chi connectivity index (χ2n) is 11.0. The van der Waals surface area contributed by atoms with Crippen LogP contribution >= 0.6 is 0 Å². The normalized spacial score (nSPS) is 20.5. The quantitative estimate of drug-likeness (QED) is 0.352. The minimum absolute atomic E-state index is 0.211. The zero-order valence-corrected chi connectivity index (χ0v) is 24.1. The van der Waals surface area contributed by atoms with Gasteiger partial charge >= 0.3 is 12.1 Å². The number of halogens is 3. The van der Waals surface area contributed by atoms with Gasteiger partial charge in [0.1, 0.15) is 5.75 Å². The van der Waals surface area contributed by atoms with Crippen molar-refractivity contribution in [1.29, 1.82) is 0 Å². The third-order valence-electron chi connectivity index (χ3n) is 8.54. The number of likely N-dealkylation sites (tertiary alicyclic amines) is 1. The van der Waals surface area contributed by atoms with E-state index >= 15 is 0 Å². The Morgan fingerprint density at radius 3 is 2.50 bits per heavy atom. The number of piperazine rings is 1. The molecule has 2 aromatic carbocycles. The molecule has 0 saturated carbocycles. The van der Waals surface area contributed by atoms with E-state index in [2.05, 4.69) is 20.0 Å². The average Bonchev–Trinajstić information content (AvgIpc) is 3.47. The molecular weight excluding hydrogens is 547 g/mol. The van der Waals surface area contributed by atoms with Crippen LogP contribution in [0.1, 0.15) is 30.4 Å². The van der Waals surface area contributed by atoms with Crippen molar-refractivity contribution in [3.63, 3.8) is 0 Å². The largest absolute Gasteiger partial charge is 0.497 e. The highest BCUT2D eigenvalue weighted by molar-refractivity contribution is 5.69. The third kappa shape index (κ3) is 7.07. The Kier molecular flexibility index (Phi) is 9.37. The first kappa shape index (κ1) is 29.9. The number of ether oxygens (including phenoxy) is 2. The minimum Gasteiger partial charge on any atom is -0.497 e. The molecule has 8 nitrogen and oxygen atoms in total. The molecule has 0 spiro atoms. The lowest BCUT2D eigenvalue weighted by atomic mass is 9.86. The molecule has 2 aliphatic rings. The number of piperidine rings is 1. The summed E-state index contributed by atoms with van der Waals surface area (Å²) >= 11 is 0. The van der Waals surface area contributed by atoms with Crippen LogP contribution in [-0.4, -0.2) is 85.5 Å². The van der Waals surface area contributed by atoms with E-state index in [1.807, 2.05) is 35.4 Å². The minimum atomic E-state index is -4.36. The molecule has 0 unspecified atom stereocenters. The molecule has 2 fully saturated rings. The van der Waals surface area contributed by atoms with Gasteiger partial charge in [-0.05, 0) is 67.8 Å². The Balaban J connectivity index is 1.24. The van der Waals surface area contributed by atoms with Crippen molar-refractivity contribution in [2.24, 2.45) is 5.92 Å². The summed E-state index contributed by atoms with van der Waals surface area (Å²) in [6.07, 6.45) is -0.450. The Bertz CT molecular complexity index is 1320. The molecule has 226 valence electrons. The number of H-pyrrole nitrogens is 1. The van der Waals surface area contributed by atoms with Crippen LogP contribution in [0.3, 0.4) is 0 Å². The molecule has 42 heavy (non-hydrogen) atoms. The predicted octanol–water partition coefficient (Wildman–Crippen LogP) is 5.07. The predicted molar refractivity (Wildman–Crippen MR) is 154 cm³/mol. The standard InChI is InChI=1S/C31H38F3N5O3/c1-41-27-9-6-22(7-10-27)30-24(19-35-36-30)21-37-13-12-28(23(20-37)8-11-29(40)42-2)39-16-14-38(15-17-39)26-5-3-4-25(18-26)31(32,33)34/h3-7,9-10,18-19,23,28H,8,11-17,20-21H2,1-2H3,(H,35,36)/t23-,28+/m0/s1. The Labute approximate surface area is 244 Å². The molecule has 0 amide bonds. The average molecular weight is 586 g/mol. The monoisotopic (exact) mass is 585 g/mol. The number of nitrogens with zero attached hydrogens (tertiary/aromatic N) is 4. The Morgan fingerprint density at radius 1 is 1.05 bits per heavy atom. The van der Waals surface area contributed by atoms with Gasteiger partial charge in [-0.25, -0.2) is 0 Å². The van der Waals surface area contributed by atoms with E-state index in [1.54, 1.807) is 13.2 Å². The number of esters is 1. The summed E-state index contributed by atoms with van der Waals surface area (Å²) in [5.74, 6) is 0.845. The molecule has 0 bridgehead atoms. The second-order valence-corrected chi connectivity index (χ2v) is 11.0. The Morgan fingerprint density at radius 2 is 1.81 bits per heavy atom. The topological polar surface area (TPSA) is 73.9 Å². The summed E-state index contributed by atoms with van der Waals surface area (Å²) in [6.45, 7) is 5.32. The van der Waals surface area contributed by atoms with Gasteiger partial charge in [0.15, 0.2) is 0 Å². The van der Waals surface area contributed by atoms with Crippen LogP contribution in [-0.2, 0) is 22.3 Å². The van der Waals surface area contributed by atoms with Gasteiger partial charge in [0.05, 0.1) is 31.7 Å². The molecule has 0 radical (unpaired) electrons. The SMILES string of the molecule is COC(=O)CC[C@H]1CN(Cc2cn[nH]c2-c2ccc(OC)cc2)CC[C@H]1N1CCN(c2cccc(C(F)(F)F)c2)CC1. The highest BCUT2D eigenvalue weighted by Crippen LogP contribution is 2.33. The lowest BCUT2D eigenvalue weighted by molar-refractivity contribution is -0.141. The van der Waals surface area contributed by atoms with Gasteiger partial charge in [0.25, 0.3) is 0 Å². The number of hydrogen-bond donors (Lipinski definition) is 1. The summed E-state index contributed by atoms with van der Waals surface area (Å²) in [5.41, 5.74) is 3.12. The molecule has 3 heterocycles. The first-order chi connectivity index (χ1) is 20.2. The van der Waals surface area contributed by atoms with E-state index in [4.69, 9.17) is 9.47 Å². The number of carbonyl (C=O) groups is 1. The van der Waals surface area contributed by atoms with Crippen molar-refractivity contribution in [1.82, 2.24) is 20.0 Å². The number of rotatable bonds is 9. The molecule has 2 saturated heterocycles. The number of alkyl halides is 3. The maximum absolute atomic E-state index is 13.3. The maximum Gasteiger partial charge on any atom is 0.416 e. The van der Waals surface area contributed by atoms with Gasteiger partial charge < -0.3 is 14.4 Å². The molecule has 3 aromatic rings.